The number of ether oxygens (including phenoxy) is 1. The first kappa shape index (κ1) is 15.3. The SMILES string of the molecule is [2H]C([2H])([2H])ONC(=O)c1scnc1C(=O)Nc1c(F)c(F)c(-c2cccc(OC([2H])([2H])[2H])c2)c(F)c1F. The van der Waals surface area contributed by atoms with Crippen LogP contribution in [0.1, 0.15) is 28.4 Å². The minimum absolute atomic E-state index is 0.369. The Balaban J connectivity index is 1.94. The van der Waals surface area contributed by atoms with Gasteiger partial charge in [-0.05, 0) is 17.7 Å². The number of amides is 2. The van der Waals surface area contributed by atoms with Crippen LogP contribution in [0.4, 0.5) is 23.2 Å². The molecule has 2 aromatic carbocycles. The van der Waals surface area contributed by atoms with Crippen molar-refractivity contribution in [1.29, 1.82) is 0 Å². The van der Waals surface area contributed by atoms with Gasteiger partial charge >= 0.3 is 0 Å². The van der Waals surface area contributed by atoms with E-state index in [0.29, 0.717) is 11.3 Å². The highest BCUT2D eigenvalue weighted by atomic mass is 32.1. The van der Waals surface area contributed by atoms with E-state index in [0.717, 1.165) is 29.8 Å². The summed E-state index contributed by atoms with van der Waals surface area (Å²) in [4.78, 5) is 31.7. The molecule has 0 bridgehead atoms. The van der Waals surface area contributed by atoms with E-state index in [1.165, 1.54) is 0 Å². The number of hydrogen-bond acceptors (Lipinski definition) is 6. The molecule has 7 nitrogen and oxygen atoms in total. The van der Waals surface area contributed by atoms with Crippen LogP contribution in [0, 0.1) is 23.3 Å². The predicted molar refractivity (Wildman–Crippen MR) is 103 cm³/mol. The highest BCUT2D eigenvalue weighted by Gasteiger charge is 2.29. The molecule has 0 spiro atoms. The first-order chi connectivity index (χ1) is 17.1. The Morgan fingerprint density at radius 3 is 2.48 bits per heavy atom. The minimum Gasteiger partial charge on any atom is -0.497 e. The minimum atomic E-state index is -3.02. The number of methoxy groups -OCH3 is 1. The van der Waals surface area contributed by atoms with E-state index in [4.69, 9.17) is 8.22 Å². The van der Waals surface area contributed by atoms with Crippen LogP contribution in [-0.2, 0) is 4.84 Å². The van der Waals surface area contributed by atoms with Crippen molar-refractivity contribution in [3.05, 3.63) is 63.6 Å². The van der Waals surface area contributed by atoms with Gasteiger partial charge in [0.2, 0.25) is 0 Å². The molecule has 3 aromatic rings. The van der Waals surface area contributed by atoms with E-state index in [1.54, 1.807) is 10.8 Å². The number of carbonyl (C=O) groups is 2. The number of hydrogen-bond donors (Lipinski definition) is 2. The Labute approximate surface area is 185 Å². The zero-order valence-electron chi connectivity index (χ0n) is 20.9. The second-order valence-corrected chi connectivity index (χ2v) is 6.51. The van der Waals surface area contributed by atoms with Crippen molar-refractivity contribution in [2.45, 2.75) is 0 Å². The van der Waals surface area contributed by atoms with E-state index >= 15 is 0 Å². The van der Waals surface area contributed by atoms with Gasteiger partial charge < -0.3 is 10.1 Å². The Morgan fingerprint density at radius 2 is 1.81 bits per heavy atom. The van der Waals surface area contributed by atoms with Crippen LogP contribution in [0.3, 0.4) is 0 Å². The van der Waals surface area contributed by atoms with Gasteiger partial charge in [-0.2, -0.15) is 0 Å². The zero-order chi connectivity index (χ0) is 27.7. The van der Waals surface area contributed by atoms with Crippen molar-refractivity contribution in [2.75, 3.05) is 19.4 Å². The number of thiazole rings is 1. The molecule has 162 valence electrons. The average molecular weight is 461 g/mol. The van der Waals surface area contributed by atoms with Crippen LogP contribution in [0.5, 0.6) is 5.75 Å². The van der Waals surface area contributed by atoms with Gasteiger partial charge in [0, 0.05) is 0 Å². The van der Waals surface area contributed by atoms with Crippen LogP contribution in [-0.4, -0.2) is 30.9 Å². The fourth-order valence-corrected chi connectivity index (χ4v) is 3.21. The first-order valence-electron chi connectivity index (χ1n) is 11.0. The molecule has 3 rings (SSSR count). The number of benzene rings is 2. The van der Waals surface area contributed by atoms with Crippen LogP contribution in [0.2, 0.25) is 0 Å². The van der Waals surface area contributed by atoms with Crippen molar-refractivity contribution in [2.24, 2.45) is 0 Å². The molecule has 12 heteroatoms. The molecular formula is C19H13F4N3O4S. The maximum absolute atomic E-state index is 14.8. The molecule has 0 atom stereocenters. The standard InChI is InChI=1S/C19H13F4N3O4S/c1-29-9-5-3-4-8(6-9)10-11(20)13(22)15(14(23)12(10)21)25-18(27)16-17(31-7-24-16)19(28)26-30-2/h3-7H,1-2H3,(H,25,27)(H,26,28)/i1D3,2D3. The molecule has 0 unspecified atom stereocenters. The molecule has 31 heavy (non-hydrogen) atoms. The number of carbonyl (C=O) groups excluding carboxylic acids is 2. The molecule has 2 amide bonds. The topological polar surface area (TPSA) is 89.5 Å². The fourth-order valence-electron chi connectivity index (χ4n) is 2.54. The van der Waals surface area contributed by atoms with Gasteiger partial charge in [-0.1, -0.05) is 12.1 Å². The molecule has 0 fully saturated rings. The maximum atomic E-state index is 14.8. The van der Waals surface area contributed by atoms with E-state index < -0.39 is 76.5 Å². The lowest BCUT2D eigenvalue weighted by Crippen LogP contribution is -2.25. The fraction of sp³-hybridized carbons (Fsp3) is 0.105. The van der Waals surface area contributed by atoms with Crippen molar-refractivity contribution >= 4 is 28.8 Å². The molecule has 0 aliphatic carbocycles. The lowest BCUT2D eigenvalue weighted by atomic mass is 10.0. The molecular weight excluding hydrogens is 442 g/mol. The highest BCUT2D eigenvalue weighted by molar-refractivity contribution is 7.12. The summed E-state index contributed by atoms with van der Waals surface area (Å²) in [6.45, 7) is 0. The summed E-state index contributed by atoms with van der Waals surface area (Å²) in [5, 5.41) is 1.60. The third kappa shape index (κ3) is 4.20. The second-order valence-electron chi connectivity index (χ2n) is 5.65. The molecule has 1 heterocycles. The predicted octanol–water partition coefficient (Wildman–Crippen LogP) is 3.92. The van der Waals surface area contributed by atoms with E-state index in [9.17, 15) is 27.2 Å². The zero-order valence-corrected chi connectivity index (χ0v) is 15.7. The van der Waals surface area contributed by atoms with E-state index in [2.05, 4.69) is 14.6 Å². The number of hydroxylamine groups is 1. The number of aromatic nitrogens is 1. The Morgan fingerprint density at radius 1 is 1.06 bits per heavy atom. The third-order valence-electron chi connectivity index (χ3n) is 3.87. The summed E-state index contributed by atoms with van der Waals surface area (Å²) in [6.07, 6.45) is 0. The van der Waals surface area contributed by atoms with E-state index in [1.807, 2.05) is 0 Å². The smallest absolute Gasteiger partial charge is 0.287 e. The molecule has 0 aliphatic heterocycles. The molecule has 0 saturated carbocycles. The Kier molecular flexibility index (Phi) is 4.50. The van der Waals surface area contributed by atoms with Crippen LogP contribution in [0.15, 0.2) is 29.8 Å². The third-order valence-corrected chi connectivity index (χ3v) is 4.70. The number of nitrogens with one attached hydrogen (secondary N) is 2. The molecule has 0 aliphatic rings. The van der Waals surface area contributed by atoms with Crippen molar-refractivity contribution in [3.63, 3.8) is 0 Å². The van der Waals surface area contributed by atoms with Crippen molar-refractivity contribution < 1.29 is 44.9 Å². The van der Waals surface area contributed by atoms with Gasteiger partial charge in [-0.15, -0.1) is 11.3 Å². The van der Waals surface area contributed by atoms with Crippen LogP contribution < -0.4 is 15.5 Å². The Bertz CT molecular complexity index is 1340. The quantitative estimate of drug-likeness (QED) is 0.330. The first-order valence-corrected chi connectivity index (χ1v) is 8.85. The molecule has 0 saturated heterocycles. The average Bonchev–Trinajstić information content (AvgIpc) is 3.28. The summed E-state index contributed by atoms with van der Waals surface area (Å²) in [5.41, 5.74) is -1.47. The summed E-state index contributed by atoms with van der Waals surface area (Å²) in [6, 6.07) is 4.14. The number of nitrogens with zero attached hydrogens (tertiary/aromatic N) is 1. The summed E-state index contributed by atoms with van der Waals surface area (Å²) in [5.74, 6) is -11.0. The van der Waals surface area contributed by atoms with Gasteiger partial charge in [0.25, 0.3) is 11.8 Å². The van der Waals surface area contributed by atoms with Gasteiger partial charge in [-0.25, -0.2) is 28.0 Å². The number of anilines is 1. The second kappa shape index (κ2) is 9.10. The summed E-state index contributed by atoms with van der Waals surface area (Å²) < 4.78 is 106. The van der Waals surface area contributed by atoms with Crippen molar-refractivity contribution in [3.8, 4) is 16.9 Å². The Hall–Kier alpha value is -3.51. The number of rotatable bonds is 6. The monoisotopic (exact) mass is 461 g/mol. The maximum Gasteiger partial charge on any atom is 0.287 e. The number of halogens is 4. The van der Waals surface area contributed by atoms with Gasteiger partial charge in [0.15, 0.2) is 29.0 Å². The molecule has 2 N–H and O–H groups in total. The highest BCUT2D eigenvalue weighted by Crippen LogP contribution is 2.36. The molecule has 0 radical (unpaired) electrons. The van der Waals surface area contributed by atoms with Gasteiger partial charge in [-0.3, -0.25) is 14.4 Å². The lowest BCUT2D eigenvalue weighted by Gasteiger charge is -2.13. The van der Waals surface area contributed by atoms with Crippen LogP contribution >= 0.6 is 11.3 Å². The largest absolute Gasteiger partial charge is 0.497 e. The molecule has 1 aromatic heterocycles. The summed E-state index contributed by atoms with van der Waals surface area (Å²) >= 11 is 0.531. The van der Waals surface area contributed by atoms with Gasteiger partial charge in [0.05, 0.1) is 33.4 Å². The summed E-state index contributed by atoms with van der Waals surface area (Å²) in [7, 11) is -5.94. The van der Waals surface area contributed by atoms with E-state index in [-0.39, 0.29) is 5.75 Å². The normalized spacial score (nSPS) is 14.3. The lowest BCUT2D eigenvalue weighted by molar-refractivity contribution is 0.0539. The van der Waals surface area contributed by atoms with Crippen LogP contribution in [0.25, 0.3) is 11.1 Å². The van der Waals surface area contributed by atoms with Gasteiger partial charge in [0.1, 0.15) is 16.3 Å². The van der Waals surface area contributed by atoms with Crippen molar-refractivity contribution in [1.82, 2.24) is 10.5 Å².